The lowest BCUT2D eigenvalue weighted by molar-refractivity contribution is -0.140. The molecule has 1 atom stereocenters. The molecule has 0 saturated heterocycles. The molecule has 0 aromatic carbocycles. The summed E-state index contributed by atoms with van der Waals surface area (Å²) < 4.78 is 0. The molecule has 0 aromatic heterocycles. The summed E-state index contributed by atoms with van der Waals surface area (Å²) in [6.45, 7) is 3.00. The lowest BCUT2D eigenvalue weighted by Gasteiger charge is -2.20. The van der Waals surface area contributed by atoms with Crippen LogP contribution >= 0.6 is 0 Å². The third-order valence-electron chi connectivity index (χ3n) is 1.49. The van der Waals surface area contributed by atoms with E-state index in [0.29, 0.717) is 0 Å². The van der Waals surface area contributed by atoms with E-state index in [4.69, 9.17) is 15.5 Å². The van der Waals surface area contributed by atoms with Crippen molar-refractivity contribution >= 4 is 5.97 Å². The van der Waals surface area contributed by atoms with Crippen LogP contribution in [0.2, 0.25) is 0 Å². The molecule has 62 valence electrons. The molecular formula is C7H11NO3. The summed E-state index contributed by atoms with van der Waals surface area (Å²) in [6.07, 6.45) is -1.49. The Labute approximate surface area is 65.1 Å². The van der Waals surface area contributed by atoms with Gasteiger partial charge in [-0.15, -0.1) is 0 Å². The molecule has 0 aromatic rings. The maximum Gasteiger partial charge on any atom is 0.306 e. The van der Waals surface area contributed by atoms with Crippen molar-refractivity contribution in [1.82, 2.24) is 0 Å². The van der Waals surface area contributed by atoms with Crippen molar-refractivity contribution in [3.8, 4) is 6.07 Å². The van der Waals surface area contributed by atoms with Crippen LogP contribution in [0.3, 0.4) is 0 Å². The predicted octanol–water partition coefficient (Wildman–Crippen LogP) is 0.372. The Bertz CT molecular complexity index is 192. The lowest BCUT2D eigenvalue weighted by Crippen LogP contribution is -2.29. The summed E-state index contributed by atoms with van der Waals surface area (Å²) in [5.41, 5.74) is -0.988. The number of hydrogen-bond acceptors (Lipinski definition) is 3. The first-order valence-electron chi connectivity index (χ1n) is 3.21. The Balaban J connectivity index is 4.15. The van der Waals surface area contributed by atoms with E-state index in [9.17, 15) is 4.79 Å². The van der Waals surface area contributed by atoms with E-state index in [1.807, 2.05) is 6.07 Å². The Morgan fingerprint density at radius 3 is 2.45 bits per heavy atom. The summed E-state index contributed by atoms with van der Waals surface area (Å²) in [6, 6.07) is 1.83. The van der Waals surface area contributed by atoms with Crippen molar-refractivity contribution in [3.63, 3.8) is 0 Å². The molecule has 0 aliphatic heterocycles. The van der Waals surface area contributed by atoms with Crippen LogP contribution in [0.25, 0.3) is 0 Å². The molecule has 4 heteroatoms. The largest absolute Gasteiger partial charge is 0.481 e. The van der Waals surface area contributed by atoms with Gasteiger partial charge < -0.3 is 10.2 Å². The van der Waals surface area contributed by atoms with Gasteiger partial charge >= 0.3 is 5.97 Å². The summed E-state index contributed by atoms with van der Waals surface area (Å²) in [5, 5.41) is 25.9. The fourth-order valence-electron chi connectivity index (χ4n) is 0.495. The highest BCUT2D eigenvalue weighted by Gasteiger charge is 2.29. The molecule has 0 aliphatic rings. The predicted molar refractivity (Wildman–Crippen MR) is 37.7 cm³/mol. The SMILES string of the molecule is CC(C)(C#N)[C@@H](O)CC(=O)O. The van der Waals surface area contributed by atoms with Gasteiger partial charge in [0, 0.05) is 0 Å². The van der Waals surface area contributed by atoms with Crippen molar-refractivity contribution in [3.05, 3.63) is 0 Å². The van der Waals surface area contributed by atoms with Crippen molar-refractivity contribution in [2.24, 2.45) is 5.41 Å². The van der Waals surface area contributed by atoms with Gasteiger partial charge in [0.25, 0.3) is 0 Å². The second-order valence-corrected chi connectivity index (χ2v) is 2.95. The van der Waals surface area contributed by atoms with Gasteiger partial charge in [0.15, 0.2) is 0 Å². The smallest absolute Gasteiger partial charge is 0.306 e. The maximum absolute atomic E-state index is 10.1. The molecule has 0 rings (SSSR count). The highest BCUT2D eigenvalue weighted by molar-refractivity contribution is 5.67. The molecule has 0 aliphatic carbocycles. The van der Waals surface area contributed by atoms with Gasteiger partial charge in [0.05, 0.1) is 24.0 Å². The van der Waals surface area contributed by atoms with E-state index in [2.05, 4.69) is 0 Å². The Kier molecular flexibility index (Phi) is 3.02. The average Bonchev–Trinajstić information content (AvgIpc) is 1.86. The molecule has 0 amide bonds. The molecule has 11 heavy (non-hydrogen) atoms. The van der Waals surface area contributed by atoms with E-state index >= 15 is 0 Å². The summed E-state index contributed by atoms with van der Waals surface area (Å²) in [4.78, 5) is 10.1. The summed E-state index contributed by atoms with van der Waals surface area (Å²) >= 11 is 0. The third-order valence-corrected chi connectivity index (χ3v) is 1.49. The molecule has 0 bridgehead atoms. The minimum absolute atomic E-state index is 0.388. The van der Waals surface area contributed by atoms with Crippen molar-refractivity contribution in [1.29, 1.82) is 5.26 Å². The van der Waals surface area contributed by atoms with Crippen LogP contribution in [0.5, 0.6) is 0 Å². The highest BCUT2D eigenvalue weighted by Crippen LogP contribution is 2.21. The standard InChI is InChI=1S/C7H11NO3/c1-7(2,4-8)5(9)3-6(10)11/h5,9H,3H2,1-2H3,(H,10,11)/t5-/m0/s1. The number of aliphatic hydroxyl groups is 1. The number of nitriles is 1. The van der Waals surface area contributed by atoms with Crippen LogP contribution in [-0.4, -0.2) is 22.3 Å². The van der Waals surface area contributed by atoms with Crippen LogP contribution in [0.4, 0.5) is 0 Å². The topological polar surface area (TPSA) is 81.3 Å². The van der Waals surface area contributed by atoms with Gasteiger partial charge in [-0.3, -0.25) is 4.79 Å². The quantitative estimate of drug-likeness (QED) is 0.620. The highest BCUT2D eigenvalue weighted by atomic mass is 16.4. The zero-order valence-corrected chi connectivity index (χ0v) is 6.53. The van der Waals surface area contributed by atoms with Crippen LogP contribution in [0.1, 0.15) is 20.3 Å². The number of rotatable bonds is 3. The van der Waals surface area contributed by atoms with Crippen molar-refractivity contribution in [2.45, 2.75) is 26.4 Å². The van der Waals surface area contributed by atoms with Gasteiger partial charge in [0.1, 0.15) is 0 Å². The Morgan fingerprint density at radius 1 is 1.73 bits per heavy atom. The van der Waals surface area contributed by atoms with Gasteiger partial charge in [-0.2, -0.15) is 5.26 Å². The van der Waals surface area contributed by atoms with Crippen LogP contribution in [0, 0.1) is 16.7 Å². The van der Waals surface area contributed by atoms with Crippen LogP contribution in [0.15, 0.2) is 0 Å². The second-order valence-electron chi connectivity index (χ2n) is 2.95. The van der Waals surface area contributed by atoms with Gasteiger partial charge in [-0.1, -0.05) is 0 Å². The van der Waals surface area contributed by atoms with Crippen molar-refractivity contribution in [2.75, 3.05) is 0 Å². The molecule has 0 saturated carbocycles. The number of carboxylic acid groups (broad SMARTS) is 1. The monoisotopic (exact) mass is 157 g/mol. The third kappa shape index (κ3) is 3.01. The van der Waals surface area contributed by atoms with Crippen molar-refractivity contribution < 1.29 is 15.0 Å². The number of carboxylic acids is 1. The molecule has 0 spiro atoms. The molecule has 0 unspecified atom stereocenters. The second kappa shape index (κ2) is 3.35. The fourth-order valence-corrected chi connectivity index (χ4v) is 0.495. The minimum atomic E-state index is -1.11. The number of nitrogens with zero attached hydrogens (tertiary/aromatic N) is 1. The first-order valence-corrected chi connectivity index (χ1v) is 3.21. The van der Waals surface area contributed by atoms with Crippen LogP contribution < -0.4 is 0 Å². The van der Waals surface area contributed by atoms with E-state index in [1.54, 1.807) is 0 Å². The first-order chi connectivity index (χ1) is 4.90. The summed E-state index contributed by atoms with van der Waals surface area (Å²) in [5.74, 6) is -1.10. The number of carbonyl (C=O) groups is 1. The van der Waals surface area contributed by atoms with E-state index in [-0.39, 0.29) is 6.42 Å². The zero-order chi connectivity index (χ0) is 9.07. The molecule has 0 fully saturated rings. The molecule has 0 radical (unpaired) electrons. The van der Waals surface area contributed by atoms with Crippen LogP contribution in [-0.2, 0) is 4.79 Å². The molecule has 0 heterocycles. The fraction of sp³-hybridized carbons (Fsp3) is 0.714. The minimum Gasteiger partial charge on any atom is -0.481 e. The summed E-state index contributed by atoms with van der Waals surface area (Å²) in [7, 11) is 0. The first kappa shape index (κ1) is 9.92. The van der Waals surface area contributed by atoms with E-state index in [1.165, 1.54) is 13.8 Å². The zero-order valence-electron chi connectivity index (χ0n) is 6.53. The number of aliphatic carboxylic acids is 1. The van der Waals surface area contributed by atoms with E-state index in [0.717, 1.165) is 0 Å². The molecule has 4 nitrogen and oxygen atoms in total. The van der Waals surface area contributed by atoms with Gasteiger partial charge in [-0.05, 0) is 13.8 Å². The van der Waals surface area contributed by atoms with Gasteiger partial charge in [-0.25, -0.2) is 0 Å². The average molecular weight is 157 g/mol. The Morgan fingerprint density at radius 2 is 2.18 bits per heavy atom. The number of hydrogen-bond donors (Lipinski definition) is 2. The Hall–Kier alpha value is -1.08. The molecule has 2 N–H and O–H groups in total. The van der Waals surface area contributed by atoms with Gasteiger partial charge in [0.2, 0.25) is 0 Å². The molecular weight excluding hydrogens is 146 g/mol. The maximum atomic E-state index is 10.1. The van der Waals surface area contributed by atoms with E-state index < -0.39 is 17.5 Å². The normalized spacial score (nSPS) is 13.6. The lowest BCUT2D eigenvalue weighted by atomic mass is 9.87. The number of aliphatic hydroxyl groups excluding tert-OH is 1.